The van der Waals surface area contributed by atoms with Crippen LogP contribution in [0.15, 0.2) is 40.7 Å². The number of hydrogen-bond donors (Lipinski definition) is 2. The third-order valence-electron chi connectivity index (χ3n) is 3.41. The fourth-order valence-electron chi connectivity index (χ4n) is 1.96. The fraction of sp³-hybridized carbons (Fsp3) is 0.211. The van der Waals surface area contributed by atoms with Gasteiger partial charge in [0.2, 0.25) is 11.6 Å². The number of ketones is 2. The van der Waals surface area contributed by atoms with Gasteiger partial charge in [-0.25, -0.2) is 14.6 Å². The summed E-state index contributed by atoms with van der Waals surface area (Å²) < 4.78 is 9.55. The van der Waals surface area contributed by atoms with Crippen LogP contribution in [-0.2, 0) is 19.1 Å². The van der Waals surface area contributed by atoms with Crippen molar-refractivity contribution in [3.63, 3.8) is 0 Å². The van der Waals surface area contributed by atoms with Crippen molar-refractivity contribution in [1.29, 1.82) is 10.5 Å². The van der Waals surface area contributed by atoms with E-state index < -0.39 is 36.7 Å². The third kappa shape index (κ3) is 6.28. The van der Waals surface area contributed by atoms with Gasteiger partial charge in [0.1, 0.15) is 34.7 Å². The molecule has 0 aliphatic carbocycles. The van der Waals surface area contributed by atoms with Crippen molar-refractivity contribution in [2.75, 3.05) is 13.2 Å². The van der Waals surface area contributed by atoms with E-state index in [4.69, 9.17) is 31.5 Å². The van der Waals surface area contributed by atoms with E-state index >= 15 is 0 Å². The highest BCUT2D eigenvalue weighted by Crippen LogP contribution is 2.06. The van der Waals surface area contributed by atoms with Gasteiger partial charge in [-0.2, -0.15) is 10.5 Å². The maximum absolute atomic E-state index is 12.0. The number of hydrogen-bond acceptors (Lipinski definition) is 11. The first-order valence-electron chi connectivity index (χ1n) is 8.22. The Morgan fingerprint density at radius 2 is 1.23 bits per heavy atom. The van der Waals surface area contributed by atoms with E-state index in [1.807, 2.05) is 0 Å². The average Bonchev–Trinajstić information content (AvgIpc) is 2.70. The molecule has 1 heterocycles. The second kappa shape index (κ2) is 10.7. The van der Waals surface area contributed by atoms with Crippen molar-refractivity contribution >= 4 is 23.5 Å². The highest BCUT2D eigenvalue weighted by molar-refractivity contribution is 6.03. The molecule has 11 nitrogen and oxygen atoms in total. The lowest BCUT2D eigenvalue weighted by molar-refractivity contribution is -0.118. The summed E-state index contributed by atoms with van der Waals surface area (Å²) in [6.45, 7) is 1.21. The quantitative estimate of drug-likeness (QED) is 0.332. The Kier molecular flexibility index (Phi) is 8.41. The molecule has 30 heavy (non-hydrogen) atoms. The minimum Gasteiger partial charge on any atom is -0.453 e. The molecule has 0 aromatic carbocycles. The predicted octanol–water partition coefficient (Wildman–Crippen LogP) is 0.0460. The Balaban J connectivity index is 2.81. The molecule has 0 amide bonds. The van der Waals surface area contributed by atoms with Gasteiger partial charge in [-0.05, 0) is 26.0 Å². The number of carbonyl (C=O) groups excluding carboxylic acids is 4. The molecule has 11 heteroatoms. The summed E-state index contributed by atoms with van der Waals surface area (Å²) in [4.78, 5) is 51.5. The highest BCUT2D eigenvalue weighted by Gasteiger charge is 2.19. The van der Waals surface area contributed by atoms with Gasteiger partial charge in [-0.15, -0.1) is 0 Å². The van der Waals surface area contributed by atoms with Crippen molar-refractivity contribution in [3.8, 4) is 12.1 Å². The zero-order chi connectivity index (χ0) is 22.8. The highest BCUT2D eigenvalue weighted by atomic mass is 16.5. The van der Waals surface area contributed by atoms with Crippen LogP contribution >= 0.6 is 0 Å². The molecule has 0 aliphatic rings. The zero-order valence-corrected chi connectivity index (χ0v) is 16.1. The summed E-state index contributed by atoms with van der Waals surface area (Å²) in [6, 6.07) is 6.96. The van der Waals surface area contributed by atoms with Gasteiger partial charge >= 0.3 is 11.9 Å². The smallest absolute Gasteiger partial charge is 0.357 e. The topological polar surface area (TPSA) is 199 Å². The molecular formula is C19H17N5O6. The van der Waals surface area contributed by atoms with E-state index in [9.17, 15) is 19.2 Å². The zero-order valence-electron chi connectivity index (χ0n) is 16.1. The lowest BCUT2D eigenvalue weighted by Crippen LogP contribution is -2.20. The Morgan fingerprint density at radius 3 is 1.53 bits per heavy atom. The van der Waals surface area contributed by atoms with Crippen LogP contribution in [0.1, 0.15) is 34.8 Å². The summed E-state index contributed by atoms with van der Waals surface area (Å²) in [6.07, 6.45) is 0. The molecule has 1 aromatic rings. The second-order valence-corrected chi connectivity index (χ2v) is 5.75. The molecule has 0 unspecified atom stereocenters. The van der Waals surface area contributed by atoms with Crippen LogP contribution in [0, 0.1) is 22.7 Å². The predicted molar refractivity (Wildman–Crippen MR) is 99.8 cm³/mol. The molecule has 0 radical (unpaired) electrons. The van der Waals surface area contributed by atoms with E-state index in [0.717, 1.165) is 0 Å². The number of carbonyl (C=O) groups is 4. The van der Waals surface area contributed by atoms with E-state index in [-0.39, 0.29) is 33.9 Å². The monoisotopic (exact) mass is 411 g/mol. The molecule has 4 N–H and O–H groups in total. The number of rotatable bonds is 8. The molecule has 154 valence electrons. The maximum atomic E-state index is 12.0. The van der Waals surface area contributed by atoms with E-state index in [1.165, 1.54) is 32.0 Å². The molecule has 0 fully saturated rings. The number of nitrogens with zero attached hydrogens (tertiary/aromatic N) is 3. The van der Waals surface area contributed by atoms with E-state index in [2.05, 4.69) is 4.98 Å². The third-order valence-corrected chi connectivity index (χ3v) is 3.41. The number of aromatic nitrogens is 1. The average molecular weight is 411 g/mol. The van der Waals surface area contributed by atoms with Crippen LogP contribution in [0.4, 0.5) is 0 Å². The molecule has 1 aromatic heterocycles. The Morgan fingerprint density at radius 1 is 0.867 bits per heavy atom. The van der Waals surface area contributed by atoms with Crippen molar-refractivity contribution in [2.45, 2.75) is 13.8 Å². The first-order chi connectivity index (χ1) is 14.1. The SMILES string of the molecule is C/C(N)=C(/C#N)C(=O)COC(=O)c1cccc(C(=O)OCC(=O)/C(C#N)=C(\C)N)n1. The molecule has 0 saturated carbocycles. The first kappa shape index (κ1) is 23.5. The molecule has 0 atom stereocenters. The van der Waals surface area contributed by atoms with Crippen LogP contribution in [0.3, 0.4) is 0 Å². The van der Waals surface area contributed by atoms with Gasteiger partial charge < -0.3 is 20.9 Å². The molecule has 0 aliphatic heterocycles. The summed E-state index contributed by atoms with van der Waals surface area (Å²) >= 11 is 0. The number of allylic oxidation sites excluding steroid dienone is 2. The number of nitriles is 2. The molecule has 1 rings (SSSR count). The normalized spacial score (nSPS) is 11.7. The van der Waals surface area contributed by atoms with Gasteiger partial charge in [0.15, 0.2) is 13.2 Å². The van der Waals surface area contributed by atoms with Crippen LogP contribution in [0.2, 0.25) is 0 Å². The van der Waals surface area contributed by atoms with E-state index in [1.54, 1.807) is 12.1 Å². The number of ether oxygens (including phenoxy) is 2. The summed E-state index contributed by atoms with van der Waals surface area (Å²) in [5.41, 5.74) is 9.45. The van der Waals surface area contributed by atoms with Crippen LogP contribution < -0.4 is 11.5 Å². The Labute approximate surface area is 171 Å². The molecule has 0 saturated heterocycles. The standard InChI is InChI=1S/C19H17N5O6/c1-10(22)12(6-20)16(25)8-29-18(27)14-4-3-5-15(24-14)19(28)30-9-17(26)13(7-21)11(2)23/h3-5H,8-9,22-23H2,1-2H3/b12-10+,13-11+. The van der Waals surface area contributed by atoms with Crippen molar-refractivity contribution in [1.82, 2.24) is 4.98 Å². The summed E-state index contributed by atoms with van der Waals surface area (Å²) in [5, 5.41) is 17.7. The largest absolute Gasteiger partial charge is 0.453 e. The number of esters is 2. The van der Waals surface area contributed by atoms with Gasteiger partial charge in [0, 0.05) is 11.4 Å². The van der Waals surface area contributed by atoms with Crippen molar-refractivity contribution in [2.24, 2.45) is 11.5 Å². The number of pyridine rings is 1. The fourth-order valence-corrected chi connectivity index (χ4v) is 1.96. The van der Waals surface area contributed by atoms with E-state index in [0.29, 0.717) is 0 Å². The van der Waals surface area contributed by atoms with Crippen LogP contribution in [0.5, 0.6) is 0 Å². The van der Waals surface area contributed by atoms with Gasteiger partial charge in [0.05, 0.1) is 0 Å². The van der Waals surface area contributed by atoms with Gasteiger partial charge in [0.25, 0.3) is 0 Å². The molecule has 0 bridgehead atoms. The van der Waals surface area contributed by atoms with Crippen molar-refractivity contribution < 1.29 is 28.7 Å². The van der Waals surface area contributed by atoms with Crippen molar-refractivity contribution in [3.05, 3.63) is 52.1 Å². The second-order valence-electron chi connectivity index (χ2n) is 5.75. The summed E-state index contributed by atoms with van der Waals surface area (Å²) in [5.74, 6) is -3.66. The minimum atomic E-state index is -1.03. The van der Waals surface area contributed by atoms with Gasteiger partial charge in [-0.1, -0.05) is 6.07 Å². The summed E-state index contributed by atoms with van der Waals surface area (Å²) in [7, 11) is 0. The lowest BCUT2D eigenvalue weighted by atomic mass is 10.1. The van der Waals surface area contributed by atoms with Gasteiger partial charge in [-0.3, -0.25) is 9.59 Å². The minimum absolute atomic E-state index is 0.0183. The van der Waals surface area contributed by atoms with Crippen LogP contribution in [-0.4, -0.2) is 41.7 Å². The first-order valence-corrected chi connectivity index (χ1v) is 8.22. The number of Topliss-reactive ketones (excluding diaryl/α,β-unsaturated/α-hetero) is 2. The Hall–Kier alpha value is -4.51. The number of nitrogens with two attached hydrogens (primary N) is 2. The van der Waals surface area contributed by atoms with Crippen LogP contribution in [0.25, 0.3) is 0 Å². The molecular weight excluding hydrogens is 394 g/mol. The molecule has 0 spiro atoms. The Bertz CT molecular complexity index is 955. The maximum Gasteiger partial charge on any atom is 0.357 e. The lowest BCUT2D eigenvalue weighted by Gasteiger charge is -2.06.